The molecule has 0 saturated heterocycles. The van der Waals surface area contributed by atoms with Crippen LogP contribution in [0.15, 0.2) is 12.1 Å². The van der Waals surface area contributed by atoms with Gasteiger partial charge in [0.05, 0.1) is 10.6 Å². The normalized spacial score (nSPS) is 10.9. The molecule has 0 bridgehead atoms. The van der Waals surface area contributed by atoms with E-state index in [1.807, 2.05) is 13.8 Å². The fourth-order valence-corrected chi connectivity index (χ4v) is 1.44. The Hall–Kier alpha value is -0.960. The molecule has 0 heterocycles. The summed E-state index contributed by atoms with van der Waals surface area (Å²) in [5, 5.41) is -0.307. The molecule has 1 nitrogen and oxygen atoms in total. The van der Waals surface area contributed by atoms with Crippen LogP contribution in [-0.4, -0.2) is 5.78 Å². The van der Waals surface area contributed by atoms with Crippen molar-refractivity contribution in [2.75, 3.05) is 0 Å². The van der Waals surface area contributed by atoms with Gasteiger partial charge >= 0.3 is 0 Å². The smallest absolute Gasteiger partial charge is 0.165 e. The number of Topliss-reactive ketones (excluding diaryl/α,β-unsaturated/α-hetero) is 1. The van der Waals surface area contributed by atoms with Crippen LogP contribution >= 0.6 is 11.6 Å². The minimum Gasteiger partial charge on any atom is -0.294 e. The number of carbonyl (C=O) groups excluding carboxylic acids is 1. The summed E-state index contributed by atoms with van der Waals surface area (Å²) in [5.41, 5.74) is -0.220. The SMILES string of the molecule is CC(C)CCC(=O)c1cc(F)c(Cl)cc1F. The van der Waals surface area contributed by atoms with Gasteiger partial charge in [0.2, 0.25) is 0 Å². The quantitative estimate of drug-likeness (QED) is 0.574. The first-order chi connectivity index (χ1) is 7.41. The van der Waals surface area contributed by atoms with Crippen molar-refractivity contribution in [3.05, 3.63) is 34.4 Å². The largest absolute Gasteiger partial charge is 0.294 e. The molecule has 0 aromatic heterocycles. The van der Waals surface area contributed by atoms with Crippen LogP contribution in [0.1, 0.15) is 37.0 Å². The number of rotatable bonds is 4. The van der Waals surface area contributed by atoms with Gasteiger partial charge in [-0.05, 0) is 24.5 Å². The van der Waals surface area contributed by atoms with E-state index >= 15 is 0 Å². The summed E-state index contributed by atoms with van der Waals surface area (Å²) >= 11 is 5.39. The standard InChI is InChI=1S/C12H13ClF2O/c1-7(2)3-4-12(16)8-5-11(15)9(13)6-10(8)14/h5-7H,3-4H2,1-2H3. The van der Waals surface area contributed by atoms with Crippen molar-refractivity contribution in [2.24, 2.45) is 5.92 Å². The summed E-state index contributed by atoms with van der Waals surface area (Å²) in [5.74, 6) is -1.57. The number of carbonyl (C=O) groups is 1. The predicted molar refractivity (Wildman–Crippen MR) is 59.8 cm³/mol. The van der Waals surface area contributed by atoms with E-state index in [4.69, 9.17) is 11.6 Å². The Balaban J connectivity index is 2.87. The molecule has 4 heteroatoms. The molecule has 0 fully saturated rings. The number of ketones is 1. The molecule has 0 amide bonds. The van der Waals surface area contributed by atoms with E-state index in [-0.39, 0.29) is 22.8 Å². The fraction of sp³-hybridized carbons (Fsp3) is 0.417. The van der Waals surface area contributed by atoms with Gasteiger partial charge < -0.3 is 0 Å². The van der Waals surface area contributed by atoms with Gasteiger partial charge in [-0.1, -0.05) is 25.4 Å². The van der Waals surface area contributed by atoms with Crippen LogP contribution in [-0.2, 0) is 0 Å². The van der Waals surface area contributed by atoms with Gasteiger partial charge in [-0.15, -0.1) is 0 Å². The highest BCUT2D eigenvalue weighted by Gasteiger charge is 2.15. The number of benzene rings is 1. The lowest BCUT2D eigenvalue weighted by Gasteiger charge is -2.05. The minimum absolute atomic E-state index is 0.218. The first-order valence-electron chi connectivity index (χ1n) is 5.09. The first kappa shape index (κ1) is 13.1. The zero-order valence-corrected chi connectivity index (χ0v) is 9.94. The molecular weight excluding hydrogens is 234 g/mol. The first-order valence-corrected chi connectivity index (χ1v) is 5.47. The predicted octanol–water partition coefficient (Wildman–Crippen LogP) is 4.24. The van der Waals surface area contributed by atoms with Gasteiger partial charge in [0.25, 0.3) is 0 Å². The van der Waals surface area contributed by atoms with E-state index in [2.05, 4.69) is 0 Å². The molecule has 1 rings (SSSR count). The zero-order chi connectivity index (χ0) is 12.3. The summed E-state index contributed by atoms with van der Waals surface area (Å²) in [6, 6.07) is 1.69. The molecule has 0 radical (unpaired) electrons. The van der Waals surface area contributed by atoms with Gasteiger partial charge in [0.15, 0.2) is 5.78 Å². The van der Waals surface area contributed by atoms with Gasteiger partial charge in [-0.3, -0.25) is 4.79 Å². The Kier molecular flexibility index (Phi) is 4.42. The summed E-state index contributed by atoms with van der Waals surface area (Å²) in [6.45, 7) is 3.93. The van der Waals surface area contributed by atoms with Crippen molar-refractivity contribution in [3.63, 3.8) is 0 Å². The van der Waals surface area contributed by atoms with Crippen LogP contribution in [0.25, 0.3) is 0 Å². The molecule has 0 spiro atoms. The van der Waals surface area contributed by atoms with Crippen LogP contribution in [0.5, 0.6) is 0 Å². The average molecular weight is 247 g/mol. The summed E-state index contributed by atoms with van der Waals surface area (Å²) in [6.07, 6.45) is 0.873. The van der Waals surface area contributed by atoms with Crippen molar-refractivity contribution in [1.29, 1.82) is 0 Å². The molecule has 0 N–H and O–H groups in total. The second-order valence-corrected chi connectivity index (χ2v) is 4.51. The lowest BCUT2D eigenvalue weighted by Crippen LogP contribution is -2.05. The topological polar surface area (TPSA) is 17.1 Å². The van der Waals surface area contributed by atoms with E-state index in [1.54, 1.807) is 0 Å². The maximum absolute atomic E-state index is 13.3. The molecule has 0 saturated carbocycles. The second kappa shape index (κ2) is 5.39. The van der Waals surface area contributed by atoms with E-state index < -0.39 is 11.6 Å². The molecule has 0 unspecified atom stereocenters. The highest BCUT2D eigenvalue weighted by molar-refractivity contribution is 6.30. The van der Waals surface area contributed by atoms with Crippen LogP contribution < -0.4 is 0 Å². The third-order valence-corrected chi connectivity index (χ3v) is 2.55. The lowest BCUT2D eigenvalue weighted by molar-refractivity contribution is 0.0971. The maximum atomic E-state index is 13.3. The van der Waals surface area contributed by atoms with Gasteiger partial charge in [-0.25, -0.2) is 8.78 Å². The summed E-state index contributed by atoms with van der Waals surface area (Å²) < 4.78 is 26.4. The molecule has 16 heavy (non-hydrogen) atoms. The molecule has 88 valence electrons. The third-order valence-electron chi connectivity index (χ3n) is 2.26. The third kappa shape index (κ3) is 3.27. The average Bonchev–Trinajstić information content (AvgIpc) is 2.20. The number of hydrogen-bond donors (Lipinski definition) is 0. The van der Waals surface area contributed by atoms with Crippen LogP contribution in [0.4, 0.5) is 8.78 Å². The molecule has 0 aliphatic carbocycles. The van der Waals surface area contributed by atoms with Crippen molar-refractivity contribution >= 4 is 17.4 Å². The highest BCUT2D eigenvalue weighted by Crippen LogP contribution is 2.21. The van der Waals surface area contributed by atoms with E-state index in [0.717, 1.165) is 12.1 Å². The second-order valence-electron chi connectivity index (χ2n) is 4.10. The Morgan fingerprint density at radius 2 is 1.94 bits per heavy atom. The zero-order valence-electron chi connectivity index (χ0n) is 9.19. The molecular formula is C12H13ClF2O. The van der Waals surface area contributed by atoms with Crippen molar-refractivity contribution < 1.29 is 13.6 Å². The fourth-order valence-electron chi connectivity index (χ4n) is 1.29. The van der Waals surface area contributed by atoms with Crippen LogP contribution in [0.2, 0.25) is 5.02 Å². The van der Waals surface area contributed by atoms with E-state index in [1.165, 1.54) is 0 Å². The van der Waals surface area contributed by atoms with Gasteiger partial charge in [-0.2, -0.15) is 0 Å². The molecule has 1 aromatic carbocycles. The Labute approximate surface area is 98.4 Å². The maximum Gasteiger partial charge on any atom is 0.165 e. The van der Waals surface area contributed by atoms with Gasteiger partial charge in [0.1, 0.15) is 11.6 Å². The number of halogens is 3. The van der Waals surface area contributed by atoms with Gasteiger partial charge in [0, 0.05) is 6.42 Å². The Morgan fingerprint density at radius 1 is 1.31 bits per heavy atom. The van der Waals surface area contributed by atoms with Crippen molar-refractivity contribution in [2.45, 2.75) is 26.7 Å². The molecule has 0 aliphatic heterocycles. The lowest BCUT2D eigenvalue weighted by atomic mass is 10.0. The molecule has 1 aromatic rings. The van der Waals surface area contributed by atoms with Crippen LogP contribution in [0.3, 0.4) is 0 Å². The van der Waals surface area contributed by atoms with Crippen molar-refractivity contribution in [1.82, 2.24) is 0 Å². The monoisotopic (exact) mass is 246 g/mol. The van der Waals surface area contributed by atoms with Crippen LogP contribution in [0, 0.1) is 17.6 Å². The molecule has 0 atom stereocenters. The van der Waals surface area contributed by atoms with E-state index in [0.29, 0.717) is 12.3 Å². The Morgan fingerprint density at radius 3 is 2.50 bits per heavy atom. The minimum atomic E-state index is -0.768. The Bertz CT molecular complexity index is 402. The summed E-state index contributed by atoms with van der Waals surface area (Å²) in [7, 11) is 0. The molecule has 0 aliphatic rings. The van der Waals surface area contributed by atoms with E-state index in [9.17, 15) is 13.6 Å². The van der Waals surface area contributed by atoms with Crippen molar-refractivity contribution in [3.8, 4) is 0 Å². The highest BCUT2D eigenvalue weighted by atomic mass is 35.5. The summed E-state index contributed by atoms with van der Waals surface area (Å²) in [4.78, 5) is 11.6. The number of hydrogen-bond acceptors (Lipinski definition) is 1.